The first-order valence-electron chi connectivity index (χ1n) is 7.94. The monoisotopic (exact) mass is 365 g/mol. The van der Waals surface area contributed by atoms with Crippen LogP contribution in [0.15, 0.2) is 53.5 Å². The third-order valence-corrected chi connectivity index (χ3v) is 3.78. The quantitative estimate of drug-likeness (QED) is 0.522. The minimum absolute atomic E-state index is 0.0741. The number of Topliss-reactive ketones (excluding diaryl/α,β-unsaturated/α-hetero) is 1. The molecule has 2 N–H and O–H groups in total. The summed E-state index contributed by atoms with van der Waals surface area (Å²) in [6.07, 6.45) is 1.36. The third kappa shape index (κ3) is 3.90. The van der Waals surface area contributed by atoms with Crippen LogP contribution in [-0.2, 0) is 11.2 Å². The number of aromatic nitrogens is 3. The molecule has 27 heavy (non-hydrogen) atoms. The number of rotatable bonds is 5. The number of ether oxygens (including phenoxy) is 1. The Kier molecular flexibility index (Phi) is 5.07. The van der Waals surface area contributed by atoms with Gasteiger partial charge in [-0.15, -0.1) is 0 Å². The Labute approximate surface area is 153 Å². The Morgan fingerprint density at radius 2 is 2.00 bits per heavy atom. The molecule has 0 saturated carbocycles. The van der Waals surface area contributed by atoms with E-state index < -0.39 is 23.1 Å². The topological polar surface area (TPSA) is 122 Å². The molecule has 0 aliphatic heterocycles. The predicted octanol–water partition coefficient (Wildman–Crippen LogP) is 1.75. The zero-order chi connectivity index (χ0) is 19.4. The molecule has 0 unspecified atom stereocenters. The van der Waals surface area contributed by atoms with Gasteiger partial charge < -0.3 is 14.8 Å². The van der Waals surface area contributed by atoms with Crippen molar-refractivity contribution >= 4 is 11.8 Å². The minimum Gasteiger partial charge on any atom is -0.501 e. The number of aromatic amines is 1. The summed E-state index contributed by atoms with van der Waals surface area (Å²) in [5.41, 5.74) is -0.0274. The number of H-pyrrole nitrogens is 1. The van der Waals surface area contributed by atoms with Crippen LogP contribution >= 0.6 is 0 Å². The number of aromatic hydroxyl groups is 1. The van der Waals surface area contributed by atoms with Crippen LogP contribution in [0.3, 0.4) is 0 Å². The number of nitrogens with zero attached hydrogens (tertiary/aromatic N) is 2. The standard InChI is InChI=1S/C19H15N3O5/c1-27-19(26)12-6-4-5-11(9-12)10-14(23)15-16(24)18(25)22-17(21-15)13-7-2-3-8-20-13/h2-9,24H,10H2,1H3,(H,21,22,25). The molecule has 0 bridgehead atoms. The smallest absolute Gasteiger partial charge is 0.337 e. The van der Waals surface area contributed by atoms with Crippen molar-refractivity contribution in [1.29, 1.82) is 0 Å². The lowest BCUT2D eigenvalue weighted by molar-refractivity contribution is 0.0600. The highest BCUT2D eigenvalue weighted by molar-refractivity contribution is 5.98. The molecule has 8 nitrogen and oxygen atoms in total. The second kappa shape index (κ2) is 7.61. The molecule has 0 fully saturated rings. The van der Waals surface area contributed by atoms with Crippen molar-refractivity contribution in [2.75, 3.05) is 7.11 Å². The molecule has 0 aliphatic rings. The summed E-state index contributed by atoms with van der Waals surface area (Å²) in [7, 11) is 1.26. The molecule has 3 rings (SSSR count). The maximum atomic E-state index is 12.6. The van der Waals surface area contributed by atoms with Crippen molar-refractivity contribution in [3.05, 3.63) is 75.8 Å². The number of ketones is 1. The predicted molar refractivity (Wildman–Crippen MR) is 95.6 cm³/mol. The van der Waals surface area contributed by atoms with Crippen LogP contribution < -0.4 is 5.56 Å². The Balaban J connectivity index is 1.94. The zero-order valence-electron chi connectivity index (χ0n) is 14.3. The Morgan fingerprint density at radius 1 is 1.19 bits per heavy atom. The molecule has 1 aromatic carbocycles. The van der Waals surface area contributed by atoms with E-state index in [1.54, 1.807) is 36.4 Å². The van der Waals surface area contributed by atoms with Crippen molar-refractivity contribution in [3.63, 3.8) is 0 Å². The van der Waals surface area contributed by atoms with Crippen molar-refractivity contribution in [2.45, 2.75) is 6.42 Å². The number of benzene rings is 1. The van der Waals surface area contributed by atoms with Gasteiger partial charge in [-0.2, -0.15) is 0 Å². The average molecular weight is 365 g/mol. The van der Waals surface area contributed by atoms with Crippen LogP contribution in [0.25, 0.3) is 11.5 Å². The number of pyridine rings is 1. The summed E-state index contributed by atoms with van der Waals surface area (Å²) in [4.78, 5) is 46.7. The molecule has 2 heterocycles. The van der Waals surface area contributed by atoms with Crippen molar-refractivity contribution < 1.29 is 19.4 Å². The minimum atomic E-state index is -0.836. The number of hydrogen-bond donors (Lipinski definition) is 2. The molecule has 2 aromatic heterocycles. The first kappa shape index (κ1) is 18.0. The number of hydrogen-bond acceptors (Lipinski definition) is 7. The second-order valence-corrected chi connectivity index (χ2v) is 5.62. The maximum absolute atomic E-state index is 12.6. The highest BCUT2D eigenvalue weighted by atomic mass is 16.5. The molecule has 3 aromatic rings. The largest absolute Gasteiger partial charge is 0.501 e. The second-order valence-electron chi connectivity index (χ2n) is 5.62. The van der Waals surface area contributed by atoms with Gasteiger partial charge in [0.1, 0.15) is 5.69 Å². The third-order valence-electron chi connectivity index (χ3n) is 3.78. The number of carbonyl (C=O) groups is 2. The van der Waals surface area contributed by atoms with Gasteiger partial charge in [0.2, 0.25) is 5.75 Å². The van der Waals surface area contributed by atoms with E-state index in [-0.39, 0.29) is 17.9 Å². The van der Waals surface area contributed by atoms with E-state index in [1.165, 1.54) is 19.4 Å². The number of methoxy groups -OCH3 is 1. The van der Waals surface area contributed by atoms with E-state index in [4.69, 9.17) is 0 Å². The SMILES string of the molecule is COC(=O)c1cccc(CC(=O)c2nc(-c3ccccn3)[nH]c(=O)c2O)c1. The summed E-state index contributed by atoms with van der Waals surface area (Å²) in [6.45, 7) is 0. The van der Waals surface area contributed by atoms with Crippen LogP contribution in [0.5, 0.6) is 5.75 Å². The molecule has 0 aliphatic carbocycles. The first-order valence-corrected chi connectivity index (χ1v) is 7.94. The van der Waals surface area contributed by atoms with E-state index >= 15 is 0 Å². The van der Waals surface area contributed by atoms with Gasteiger partial charge in [-0.25, -0.2) is 9.78 Å². The van der Waals surface area contributed by atoms with E-state index in [1.807, 2.05) is 0 Å². The Hall–Kier alpha value is -3.81. The van der Waals surface area contributed by atoms with Crippen molar-refractivity contribution in [3.8, 4) is 17.3 Å². The van der Waals surface area contributed by atoms with Crippen LogP contribution in [0.4, 0.5) is 0 Å². The fourth-order valence-electron chi connectivity index (χ4n) is 2.48. The van der Waals surface area contributed by atoms with E-state index in [0.29, 0.717) is 16.8 Å². The lowest BCUT2D eigenvalue weighted by Crippen LogP contribution is -2.17. The lowest BCUT2D eigenvalue weighted by atomic mass is 10.0. The van der Waals surface area contributed by atoms with Gasteiger partial charge >= 0.3 is 5.97 Å². The van der Waals surface area contributed by atoms with Crippen LogP contribution in [0.2, 0.25) is 0 Å². The van der Waals surface area contributed by atoms with Gasteiger partial charge in [0.25, 0.3) is 5.56 Å². The van der Waals surface area contributed by atoms with Gasteiger partial charge in [-0.1, -0.05) is 18.2 Å². The number of nitrogens with one attached hydrogen (secondary N) is 1. The van der Waals surface area contributed by atoms with Crippen LogP contribution in [-0.4, -0.2) is 38.9 Å². The normalized spacial score (nSPS) is 10.4. The summed E-state index contributed by atoms with van der Waals surface area (Å²) in [6, 6.07) is 11.3. The number of carbonyl (C=O) groups excluding carboxylic acids is 2. The summed E-state index contributed by atoms with van der Waals surface area (Å²) < 4.78 is 4.65. The molecule has 136 valence electrons. The van der Waals surface area contributed by atoms with E-state index in [9.17, 15) is 19.5 Å². The fourth-order valence-corrected chi connectivity index (χ4v) is 2.48. The zero-order valence-corrected chi connectivity index (χ0v) is 14.3. The maximum Gasteiger partial charge on any atom is 0.337 e. The van der Waals surface area contributed by atoms with Crippen molar-refractivity contribution in [1.82, 2.24) is 15.0 Å². The number of esters is 1. The van der Waals surface area contributed by atoms with Crippen LogP contribution in [0.1, 0.15) is 26.4 Å². The van der Waals surface area contributed by atoms with Gasteiger partial charge in [-0.05, 0) is 29.8 Å². The lowest BCUT2D eigenvalue weighted by Gasteiger charge is -2.07. The highest BCUT2D eigenvalue weighted by Gasteiger charge is 2.19. The molecule has 8 heteroatoms. The average Bonchev–Trinajstić information content (AvgIpc) is 2.70. The molecule has 0 atom stereocenters. The Bertz CT molecular complexity index is 1060. The highest BCUT2D eigenvalue weighted by Crippen LogP contribution is 2.17. The van der Waals surface area contributed by atoms with Gasteiger partial charge in [0.05, 0.1) is 12.7 Å². The van der Waals surface area contributed by atoms with Gasteiger partial charge in [-0.3, -0.25) is 14.6 Å². The molecule has 0 radical (unpaired) electrons. The molecular formula is C19H15N3O5. The molecule has 0 amide bonds. The molecule has 0 saturated heterocycles. The molecule has 0 spiro atoms. The van der Waals surface area contributed by atoms with Gasteiger partial charge in [0, 0.05) is 12.6 Å². The van der Waals surface area contributed by atoms with E-state index in [2.05, 4.69) is 19.7 Å². The van der Waals surface area contributed by atoms with Crippen molar-refractivity contribution in [2.24, 2.45) is 0 Å². The first-order chi connectivity index (χ1) is 13.0. The Morgan fingerprint density at radius 3 is 2.70 bits per heavy atom. The van der Waals surface area contributed by atoms with Gasteiger partial charge in [0.15, 0.2) is 17.3 Å². The summed E-state index contributed by atoms with van der Waals surface area (Å²) in [5.74, 6) is -1.79. The van der Waals surface area contributed by atoms with Crippen LogP contribution in [0, 0.1) is 0 Å². The molecular weight excluding hydrogens is 350 g/mol. The summed E-state index contributed by atoms with van der Waals surface area (Å²) >= 11 is 0. The fraction of sp³-hybridized carbons (Fsp3) is 0.105. The van der Waals surface area contributed by atoms with E-state index in [0.717, 1.165) is 0 Å². The summed E-state index contributed by atoms with van der Waals surface area (Å²) in [5, 5.41) is 9.98.